The number of carbonyl (C=O) groups is 1. The number of anilines is 1. The second-order valence-electron chi connectivity index (χ2n) is 4.29. The first kappa shape index (κ1) is 15.2. The van der Waals surface area contributed by atoms with Crippen molar-refractivity contribution >= 4 is 23.5 Å². The molecule has 0 unspecified atom stereocenters. The zero-order chi connectivity index (χ0) is 15.9. The van der Waals surface area contributed by atoms with E-state index in [0.29, 0.717) is 5.69 Å². The molecule has 0 saturated heterocycles. The summed E-state index contributed by atoms with van der Waals surface area (Å²) in [6.45, 7) is 0. The van der Waals surface area contributed by atoms with Gasteiger partial charge >= 0.3 is 6.03 Å². The SMILES string of the molecule is O=C(N/C=C/c1ccc(F)cc1)Nc1cccc([N+](=O)[O-])c1. The molecule has 0 bridgehead atoms. The number of nitrogens with zero attached hydrogens (tertiary/aromatic N) is 1. The lowest BCUT2D eigenvalue weighted by Gasteiger charge is -2.04. The first-order valence-corrected chi connectivity index (χ1v) is 6.29. The highest BCUT2D eigenvalue weighted by atomic mass is 19.1. The summed E-state index contributed by atoms with van der Waals surface area (Å²) in [5.41, 5.74) is 0.915. The van der Waals surface area contributed by atoms with Crippen LogP contribution in [0.4, 0.5) is 20.6 Å². The predicted octanol–water partition coefficient (Wildman–Crippen LogP) is 3.53. The van der Waals surface area contributed by atoms with E-state index in [1.165, 1.54) is 42.6 Å². The van der Waals surface area contributed by atoms with Crippen LogP contribution in [0.3, 0.4) is 0 Å². The Hall–Kier alpha value is -3.22. The average Bonchev–Trinajstić information content (AvgIpc) is 2.49. The largest absolute Gasteiger partial charge is 0.323 e. The molecule has 2 aromatic carbocycles. The van der Waals surface area contributed by atoms with E-state index < -0.39 is 11.0 Å². The second kappa shape index (κ2) is 6.98. The topological polar surface area (TPSA) is 84.3 Å². The van der Waals surface area contributed by atoms with Gasteiger partial charge in [-0.2, -0.15) is 0 Å². The minimum absolute atomic E-state index is 0.111. The number of benzene rings is 2. The van der Waals surface area contributed by atoms with E-state index in [4.69, 9.17) is 0 Å². The monoisotopic (exact) mass is 301 g/mol. The molecule has 112 valence electrons. The zero-order valence-electron chi connectivity index (χ0n) is 11.3. The van der Waals surface area contributed by atoms with Crippen molar-refractivity contribution in [2.24, 2.45) is 0 Å². The van der Waals surface area contributed by atoms with Crippen LogP contribution < -0.4 is 10.6 Å². The third kappa shape index (κ3) is 4.41. The van der Waals surface area contributed by atoms with Gasteiger partial charge in [0, 0.05) is 24.0 Å². The predicted molar refractivity (Wildman–Crippen MR) is 80.7 cm³/mol. The number of nitrogens with one attached hydrogen (secondary N) is 2. The Kier molecular flexibility index (Phi) is 4.81. The van der Waals surface area contributed by atoms with Crippen molar-refractivity contribution in [2.75, 3.05) is 5.32 Å². The van der Waals surface area contributed by atoms with Gasteiger partial charge in [0.05, 0.1) is 4.92 Å². The summed E-state index contributed by atoms with van der Waals surface area (Å²) in [6.07, 6.45) is 2.98. The maximum absolute atomic E-state index is 12.7. The van der Waals surface area contributed by atoms with Crippen molar-refractivity contribution in [2.45, 2.75) is 0 Å². The number of hydrogen-bond acceptors (Lipinski definition) is 3. The van der Waals surface area contributed by atoms with Crippen LogP contribution >= 0.6 is 0 Å². The summed E-state index contributed by atoms with van der Waals surface area (Å²) in [6, 6.07) is 10.8. The van der Waals surface area contributed by atoms with Crippen LogP contribution in [0.2, 0.25) is 0 Å². The number of hydrogen-bond donors (Lipinski definition) is 2. The van der Waals surface area contributed by atoms with Gasteiger partial charge in [0.2, 0.25) is 0 Å². The van der Waals surface area contributed by atoms with Gasteiger partial charge in [0.1, 0.15) is 5.82 Å². The van der Waals surface area contributed by atoms with Crippen LogP contribution in [0.1, 0.15) is 5.56 Å². The number of non-ortho nitro benzene ring substituents is 1. The van der Waals surface area contributed by atoms with Gasteiger partial charge in [-0.25, -0.2) is 9.18 Å². The Morgan fingerprint density at radius 2 is 1.91 bits per heavy atom. The number of nitro benzene ring substituents is 1. The maximum atomic E-state index is 12.7. The van der Waals surface area contributed by atoms with Gasteiger partial charge in [0.15, 0.2) is 0 Å². The first-order chi connectivity index (χ1) is 10.5. The molecular formula is C15H12FN3O3. The molecule has 0 aliphatic heterocycles. The van der Waals surface area contributed by atoms with Crippen molar-refractivity contribution < 1.29 is 14.1 Å². The molecule has 0 atom stereocenters. The van der Waals surface area contributed by atoms with Crippen LogP contribution in [0.5, 0.6) is 0 Å². The van der Waals surface area contributed by atoms with E-state index in [1.807, 2.05) is 0 Å². The van der Waals surface area contributed by atoms with Crippen molar-refractivity contribution in [3.63, 3.8) is 0 Å². The lowest BCUT2D eigenvalue weighted by molar-refractivity contribution is -0.384. The zero-order valence-corrected chi connectivity index (χ0v) is 11.3. The van der Waals surface area contributed by atoms with Crippen molar-refractivity contribution in [1.82, 2.24) is 5.32 Å². The van der Waals surface area contributed by atoms with Crippen molar-refractivity contribution in [3.05, 3.63) is 76.2 Å². The first-order valence-electron chi connectivity index (χ1n) is 6.29. The molecule has 0 spiro atoms. The molecule has 0 aliphatic carbocycles. The summed E-state index contributed by atoms with van der Waals surface area (Å²) in [7, 11) is 0. The highest BCUT2D eigenvalue weighted by molar-refractivity contribution is 5.90. The van der Waals surface area contributed by atoms with Gasteiger partial charge in [-0.05, 0) is 29.8 Å². The van der Waals surface area contributed by atoms with Crippen LogP contribution in [0.25, 0.3) is 6.08 Å². The van der Waals surface area contributed by atoms with Crippen LogP contribution in [-0.2, 0) is 0 Å². The minimum atomic E-state index is -0.544. The summed E-state index contributed by atoms with van der Waals surface area (Å²) in [4.78, 5) is 21.7. The molecule has 7 heteroatoms. The van der Waals surface area contributed by atoms with Crippen molar-refractivity contribution in [3.8, 4) is 0 Å². The number of urea groups is 1. The van der Waals surface area contributed by atoms with Crippen LogP contribution in [-0.4, -0.2) is 11.0 Å². The van der Waals surface area contributed by atoms with E-state index in [0.717, 1.165) is 5.56 Å². The average molecular weight is 301 g/mol. The fourth-order valence-corrected chi connectivity index (χ4v) is 1.65. The highest BCUT2D eigenvalue weighted by Gasteiger charge is 2.07. The lowest BCUT2D eigenvalue weighted by Crippen LogP contribution is -2.23. The molecule has 0 fully saturated rings. The Balaban J connectivity index is 1.91. The maximum Gasteiger partial charge on any atom is 0.323 e. The van der Waals surface area contributed by atoms with E-state index in [2.05, 4.69) is 10.6 Å². The van der Waals surface area contributed by atoms with Gasteiger partial charge in [0.25, 0.3) is 5.69 Å². The molecule has 6 nitrogen and oxygen atoms in total. The smallest absolute Gasteiger partial charge is 0.314 e. The lowest BCUT2D eigenvalue weighted by atomic mass is 10.2. The van der Waals surface area contributed by atoms with Gasteiger partial charge in [-0.15, -0.1) is 0 Å². The normalized spacial score (nSPS) is 10.4. The summed E-state index contributed by atoms with van der Waals surface area (Å²) >= 11 is 0. The molecule has 2 N–H and O–H groups in total. The number of nitro groups is 1. The molecule has 0 aromatic heterocycles. The number of halogens is 1. The Labute approximate surface area is 125 Å². The van der Waals surface area contributed by atoms with Crippen LogP contribution in [0.15, 0.2) is 54.7 Å². The molecule has 2 amide bonds. The molecule has 0 aliphatic rings. The Morgan fingerprint density at radius 1 is 1.18 bits per heavy atom. The molecule has 0 radical (unpaired) electrons. The third-order valence-corrected chi connectivity index (χ3v) is 2.68. The second-order valence-corrected chi connectivity index (χ2v) is 4.29. The number of carbonyl (C=O) groups excluding carboxylic acids is 1. The fraction of sp³-hybridized carbons (Fsp3) is 0. The standard InChI is InChI=1S/C15H12FN3O3/c16-12-6-4-11(5-7-12)8-9-17-15(20)18-13-2-1-3-14(10-13)19(21)22/h1-10H,(H2,17,18,20)/b9-8+. The fourth-order valence-electron chi connectivity index (χ4n) is 1.65. The molecule has 22 heavy (non-hydrogen) atoms. The van der Waals surface area contributed by atoms with Crippen LogP contribution in [0, 0.1) is 15.9 Å². The minimum Gasteiger partial charge on any atom is -0.314 e. The van der Waals surface area contributed by atoms with E-state index in [9.17, 15) is 19.3 Å². The molecule has 0 heterocycles. The number of amides is 2. The molecule has 2 rings (SSSR count). The summed E-state index contributed by atoms with van der Waals surface area (Å²) < 4.78 is 12.7. The van der Waals surface area contributed by atoms with Gasteiger partial charge in [-0.3, -0.25) is 10.1 Å². The number of rotatable bonds is 4. The van der Waals surface area contributed by atoms with E-state index in [1.54, 1.807) is 18.2 Å². The van der Waals surface area contributed by atoms with Gasteiger partial charge < -0.3 is 10.6 Å². The Morgan fingerprint density at radius 3 is 2.59 bits per heavy atom. The van der Waals surface area contributed by atoms with Crippen molar-refractivity contribution in [1.29, 1.82) is 0 Å². The Bertz CT molecular complexity index is 714. The highest BCUT2D eigenvalue weighted by Crippen LogP contribution is 2.16. The summed E-state index contributed by atoms with van der Waals surface area (Å²) in [5, 5.41) is 15.5. The van der Waals surface area contributed by atoms with E-state index in [-0.39, 0.29) is 11.5 Å². The van der Waals surface area contributed by atoms with Gasteiger partial charge in [-0.1, -0.05) is 18.2 Å². The van der Waals surface area contributed by atoms with E-state index >= 15 is 0 Å². The quantitative estimate of drug-likeness (QED) is 0.669. The molecular weight excluding hydrogens is 289 g/mol. The molecule has 2 aromatic rings. The molecule has 0 saturated carbocycles. The summed E-state index contributed by atoms with van der Waals surface area (Å²) in [5.74, 6) is -0.339. The third-order valence-electron chi connectivity index (χ3n) is 2.68.